The van der Waals surface area contributed by atoms with E-state index >= 15 is 0 Å². The normalized spacial score (nSPS) is 10.8. The summed E-state index contributed by atoms with van der Waals surface area (Å²) in [7, 11) is 0. The second-order valence-corrected chi connectivity index (χ2v) is 6.13. The largest absolute Gasteiger partial charge is 0.326 e. The second kappa shape index (κ2) is 8.38. The van der Waals surface area contributed by atoms with E-state index in [-0.39, 0.29) is 17.3 Å². The van der Waals surface area contributed by atoms with Gasteiger partial charge in [0.25, 0.3) is 5.56 Å². The Bertz CT molecular complexity index is 951. The predicted molar refractivity (Wildman–Crippen MR) is 99.5 cm³/mol. The lowest BCUT2D eigenvalue weighted by Gasteiger charge is -2.07. The summed E-state index contributed by atoms with van der Waals surface area (Å²) in [6.45, 7) is 0.580. The number of amides is 1. The summed E-state index contributed by atoms with van der Waals surface area (Å²) in [6.07, 6.45) is 4.32. The Balaban J connectivity index is 1.43. The molecule has 26 heavy (non-hydrogen) atoms. The van der Waals surface area contributed by atoms with Gasteiger partial charge in [-0.15, -0.1) is 0 Å². The Hall–Kier alpha value is -3.02. The summed E-state index contributed by atoms with van der Waals surface area (Å²) < 4.78 is 14.4. The molecule has 0 saturated heterocycles. The van der Waals surface area contributed by atoms with Crippen molar-refractivity contribution in [2.45, 2.75) is 32.2 Å². The number of carbonyl (C=O) groups excluding carboxylic acids is 1. The van der Waals surface area contributed by atoms with Crippen LogP contribution >= 0.6 is 0 Å². The number of aromatic nitrogens is 2. The second-order valence-electron chi connectivity index (χ2n) is 6.13. The van der Waals surface area contributed by atoms with Crippen LogP contribution in [0, 0.1) is 5.82 Å². The van der Waals surface area contributed by atoms with E-state index in [1.54, 1.807) is 17.0 Å². The molecule has 6 heteroatoms. The van der Waals surface area contributed by atoms with Crippen LogP contribution in [0.4, 0.5) is 10.1 Å². The zero-order valence-electron chi connectivity index (χ0n) is 14.3. The maximum absolute atomic E-state index is 12.8. The van der Waals surface area contributed by atoms with Gasteiger partial charge in [0, 0.05) is 18.7 Å². The number of para-hydroxylation sites is 1. The molecule has 0 spiro atoms. The third-order valence-electron chi connectivity index (χ3n) is 4.16. The molecule has 0 atom stereocenters. The van der Waals surface area contributed by atoms with Crippen molar-refractivity contribution < 1.29 is 9.18 Å². The molecular weight excluding hydrogens is 333 g/mol. The number of nitrogens with one attached hydrogen (secondary N) is 1. The first-order chi connectivity index (χ1) is 12.6. The zero-order valence-corrected chi connectivity index (χ0v) is 14.3. The molecule has 0 fully saturated rings. The summed E-state index contributed by atoms with van der Waals surface area (Å²) in [4.78, 5) is 28.5. The minimum atomic E-state index is -0.332. The molecule has 3 aromatic rings. The smallest absolute Gasteiger partial charge is 0.261 e. The van der Waals surface area contributed by atoms with Gasteiger partial charge >= 0.3 is 0 Å². The van der Waals surface area contributed by atoms with Crippen molar-refractivity contribution in [2.24, 2.45) is 0 Å². The van der Waals surface area contributed by atoms with Gasteiger partial charge in [0.2, 0.25) is 5.91 Å². The fourth-order valence-corrected chi connectivity index (χ4v) is 2.77. The minimum Gasteiger partial charge on any atom is -0.326 e. The van der Waals surface area contributed by atoms with Crippen LogP contribution in [0.25, 0.3) is 10.9 Å². The van der Waals surface area contributed by atoms with Gasteiger partial charge in [-0.3, -0.25) is 14.2 Å². The molecule has 1 amide bonds. The number of hydrogen-bond donors (Lipinski definition) is 1. The number of benzene rings is 2. The van der Waals surface area contributed by atoms with Crippen molar-refractivity contribution in [3.8, 4) is 0 Å². The fourth-order valence-electron chi connectivity index (χ4n) is 2.77. The van der Waals surface area contributed by atoms with E-state index in [0.717, 1.165) is 19.3 Å². The molecular formula is C20H20FN3O2. The first-order valence-corrected chi connectivity index (χ1v) is 8.63. The molecule has 0 radical (unpaired) electrons. The highest BCUT2D eigenvalue weighted by molar-refractivity contribution is 5.90. The van der Waals surface area contributed by atoms with Crippen LogP contribution in [0.15, 0.2) is 59.7 Å². The van der Waals surface area contributed by atoms with Gasteiger partial charge in [-0.2, -0.15) is 0 Å². The van der Waals surface area contributed by atoms with E-state index in [0.29, 0.717) is 29.6 Å². The summed E-state index contributed by atoms with van der Waals surface area (Å²) in [5.74, 6) is -0.428. The molecule has 0 bridgehead atoms. The van der Waals surface area contributed by atoms with E-state index < -0.39 is 0 Å². The van der Waals surface area contributed by atoms with E-state index in [9.17, 15) is 14.0 Å². The number of aryl methyl sites for hydroxylation is 1. The van der Waals surface area contributed by atoms with E-state index in [1.165, 1.54) is 24.3 Å². The highest BCUT2D eigenvalue weighted by Gasteiger charge is 2.05. The number of carbonyl (C=O) groups is 1. The van der Waals surface area contributed by atoms with Gasteiger partial charge in [-0.1, -0.05) is 18.6 Å². The lowest BCUT2D eigenvalue weighted by atomic mass is 10.2. The monoisotopic (exact) mass is 353 g/mol. The number of halogens is 1. The Morgan fingerprint density at radius 1 is 1.04 bits per heavy atom. The van der Waals surface area contributed by atoms with Crippen molar-refractivity contribution in [1.29, 1.82) is 0 Å². The summed E-state index contributed by atoms with van der Waals surface area (Å²) in [6, 6.07) is 13.0. The summed E-state index contributed by atoms with van der Waals surface area (Å²) >= 11 is 0. The highest BCUT2D eigenvalue weighted by Crippen LogP contribution is 2.10. The van der Waals surface area contributed by atoms with Crippen LogP contribution < -0.4 is 10.9 Å². The Labute approximate surface area is 150 Å². The van der Waals surface area contributed by atoms with Gasteiger partial charge in [-0.25, -0.2) is 9.37 Å². The molecule has 0 aliphatic carbocycles. The first-order valence-electron chi connectivity index (χ1n) is 8.63. The van der Waals surface area contributed by atoms with Gasteiger partial charge in [0.15, 0.2) is 0 Å². The van der Waals surface area contributed by atoms with Crippen LogP contribution in [-0.4, -0.2) is 15.5 Å². The van der Waals surface area contributed by atoms with E-state index in [1.807, 2.05) is 18.2 Å². The van der Waals surface area contributed by atoms with Gasteiger partial charge in [-0.05, 0) is 49.2 Å². The standard InChI is InChI=1S/C20H20FN3O2/c21-15-9-11-16(12-10-15)23-19(25)8-2-1-5-13-24-14-22-18-7-4-3-6-17(18)20(24)26/h3-4,6-7,9-12,14H,1-2,5,8,13H2,(H,23,25). The van der Waals surface area contributed by atoms with Crippen LogP contribution in [0.5, 0.6) is 0 Å². The number of anilines is 1. The highest BCUT2D eigenvalue weighted by atomic mass is 19.1. The molecule has 2 aromatic carbocycles. The van der Waals surface area contributed by atoms with Gasteiger partial charge in [0.1, 0.15) is 5.82 Å². The summed E-state index contributed by atoms with van der Waals surface area (Å²) in [5.41, 5.74) is 1.25. The van der Waals surface area contributed by atoms with Crippen molar-refractivity contribution in [2.75, 3.05) is 5.32 Å². The van der Waals surface area contributed by atoms with Crippen molar-refractivity contribution in [1.82, 2.24) is 9.55 Å². The van der Waals surface area contributed by atoms with Crippen LogP contribution in [0.2, 0.25) is 0 Å². The number of fused-ring (bicyclic) bond motifs is 1. The SMILES string of the molecule is O=C(CCCCCn1cnc2ccccc2c1=O)Nc1ccc(F)cc1. The van der Waals surface area contributed by atoms with Crippen molar-refractivity contribution in [3.05, 3.63) is 71.0 Å². The van der Waals surface area contributed by atoms with Crippen LogP contribution in [0.1, 0.15) is 25.7 Å². The molecule has 1 aromatic heterocycles. The number of hydrogen-bond acceptors (Lipinski definition) is 3. The summed E-state index contributed by atoms with van der Waals surface area (Å²) in [5, 5.41) is 3.36. The van der Waals surface area contributed by atoms with E-state index in [2.05, 4.69) is 10.3 Å². The number of unbranched alkanes of at least 4 members (excludes halogenated alkanes) is 2. The molecule has 0 aliphatic rings. The first kappa shape index (κ1) is 17.8. The molecule has 134 valence electrons. The Morgan fingerprint density at radius 3 is 2.62 bits per heavy atom. The van der Waals surface area contributed by atoms with E-state index in [4.69, 9.17) is 0 Å². The Kier molecular flexibility index (Phi) is 5.73. The maximum atomic E-state index is 12.8. The number of rotatable bonds is 7. The maximum Gasteiger partial charge on any atom is 0.261 e. The van der Waals surface area contributed by atoms with Gasteiger partial charge in [0.05, 0.1) is 17.2 Å². The zero-order chi connectivity index (χ0) is 18.4. The van der Waals surface area contributed by atoms with Gasteiger partial charge < -0.3 is 5.32 Å². The average Bonchev–Trinajstić information content (AvgIpc) is 2.65. The minimum absolute atomic E-state index is 0.0374. The van der Waals surface area contributed by atoms with Crippen LogP contribution in [0.3, 0.4) is 0 Å². The van der Waals surface area contributed by atoms with Crippen LogP contribution in [-0.2, 0) is 11.3 Å². The molecule has 1 heterocycles. The van der Waals surface area contributed by atoms with Crippen molar-refractivity contribution >= 4 is 22.5 Å². The third kappa shape index (κ3) is 4.53. The molecule has 0 saturated carbocycles. The lowest BCUT2D eigenvalue weighted by molar-refractivity contribution is -0.116. The van der Waals surface area contributed by atoms with Crippen molar-refractivity contribution in [3.63, 3.8) is 0 Å². The molecule has 5 nitrogen and oxygen atoms in total. The topological polar surface area (TPSA) is 64.0 Å². The fraction of sp³-hybridized carbons (Fsp3) is 0.250. The average molecular weight is 353 g/mol. The molecule has 0 unspecified atom stereocenters. The predicted octanol–water partition coefficient (Wildman–Crippen LogP) is 3.73. The number of nitrogens with zero attached hydrogens (tertiary/aromatic N) is 2. The molecule has 3 rings (SSSR count). The molecule has 0 aliphatic heterocycles. The molecule has 1 N–H and O–H groups in total. The third-order valence-corrected chi connectivity index (χ3v) is 4.16. The lowest BCUT2D eigenvalue weighted by Crippen LogP contribution is -2.20. The Morgan fingerprint density at radius 2 is 1.81 bits per heavy atom. The quantitative estimate of drug-likeness (QED) is 0.658.